The predicted octanol–water partition coefficient (Wildman–Crippen LogP) is 1.17. The summed E-state index contributed by atoms with van der Waals surface area (Å²) in [4.78, 5) is 22.9. The number of nitrogens with one attached hydrogen (secondary N) is 1. The number of amides is 2. The number of primary amides is 1. The van der Waals surface area contributed by atoms with Crippen LogP contribution in [0.3, 0.4) is 0 Å². The van der Waals surface area contributed by atoms with Gasteiger partial charge in [-0.1, -0.05) is 32.9 Å². The normalized spacial score (nSPS) is 12.8. The minimum Gasteiger partial charge on any atom is -0.366 e. The van der Waals surface area contributed by atoms with Crippen molar-refractivity contribution in [3.05, 3.63) is 35.4 Å². The van der Waals surface area contributed by atoms with Crippen molar-refractivity contribution in [2.24, 2.45) is 16.9 Å². The molecule has 20 heavy (non-hydrogen) atoms. The Morgan fingerprint density at radius 2 is 1.95 bits per heavy atom. The first kappa shape index (κ1) is 16.2. The highest BCUT2D eigenvalue weighted by molar-refractivity contribution is 5.92. The summed E-state index contributed by atoms with van der Waals surface area (Å²) in [6.45, 7) is 6.36. The van der Waals surface area contributed by atoms with Crippen LogP contribution in [0.25, 0.3) is 0 Å². The van der Waals surface area contributed by atoms with Gasteiger partial charge in [-0.25, -0.2) is 0 Å². The van der Waals surface area contributed by atoms with Gasteiger partial charge < -0.3 is 16.8 Å². The lowest BCUT2D eigenvalue weighted by Gasteiger charge is -2.26. The summed E-state index contributed by atoms with van der Waals surface area (Å²) in [7, 11) is 0. The molecule has 5 N–H and O–H groups in total. The average molecular weight is 277 g/mol. The van der Waals surface area contributed by atoms with E-state index in [0.717, 1.165) is 5.56 Å². The number of rotatable bonds is 5. The summed E-state index contributed by atoms with van der Waals surface area (Å²) >= 11 is 0. The third-order valence-corrected chi connectivity index (χ3v) is 3.22. The smallest absolute Gasteiger partial charge is 0.248 e. The zero-order valence-electron chi connectivity index (χ0n) is 12.3. The molecule has 0 aliphatic heterocycles. The molecule has 0 aromatic heterocycles. The molecular formula is C15H23N3O2. The van der Waals surface area contributed by atoms with Crippen molar-refractivity contribution in [2.45, 2.75) is 39.8 Å². The van der Waals surface area contributed by atoms with Gasteiger partial charge in [0.2, 0.25) is 11.8 Å². The first-order chi connectivity index (χ1) is 9.20. The van der Waals surface area contributed by atoms with Crippen LogP contribution in [0.4, 0.5) is 0 Å². The molecule has 0 heterocycles. The lowest BCUT2D eigenvalue weighted by molar-refractivity contribution is -0.122. The number of carbonyl (C=O) groups excluding carboxylic acids is 2. The topological polar surface area (TPSA) is 98.2 Å². The van der Waals surface area contributed by atoms with Crippen LogP contribution in [-0.2, 0) is 11.3 Å². The maximum Gasteiger partial charge on any atom is 0.248 e. The zero-order valence-corrected chi connectivity index (χ0v) is 12.3. The third-order valence-electron chi connectivity index (χ3n) is 3.22. The molecule has 1 rings (SSSR count). The molecule has 1 aromatic rings. The Bertz CT molecular complexity index is 492. The lowest BCUT2D eigenvalue weighted by Crippen LogP contribution is -2.40. The second-order valence-corrected chi connectivity index (χ2v) is 6.02. The van der Waals surface area contributed by atoms with E-state index < -0.39 is 5.91 Å². The molecule has 0 aliphatic rings. The van der Waals surface area contributed by atoms with Crippen molar-refractivity contribution in [3.8, 4) is 0 Å². The molecule has 0 saturated carbocycles. The fourth-order valence-corrected chi connectivity index (χ4v) is 1.61. The van der Waals surface area contributed by atoms with Crippen molar-refractivity contribution in [3.63, 3.8) is 0 Å². The molecule has 5 nitrogen and oxygen atoms in total. The largest absolute Gasteiger partial charge is 0.366 e. The molecule has 110 valence electrons. The van der Waals surface area contributed by atoms with Gasteiger partial charge in [0.1, 0.15) is 0 Å². The maximum atomic E-state index is 11.8. The van der Waals surface area contributed by atoms with E-state index >= 15 is 0 Å². The summed E-state index contributed by atoms with van der Waals surface area (Å²) in [6.07, 6.45) is 0.277. The number of hydrogen-bond donors (Lipinski definition) is 3. The zero-order chi connectivity index (χ0) is 15.3. The Morgan fingerprint density at radius 1 is 1.30 bits per heavy atom. The van der Waals surface area contributed by atoms with Crippen molar-refractivity contribution in [2.75, 3.05) is 0 Å². The Balaban J connectivity index is 2.53. The van der Waals surface area contributed by atoms with Crippen LogP contribution in [0.2, 0.25) is 0 Å². The molecule has 0 saturated heterocycles. The SMILES string of the molecule is CC(C)(C)C(N)CC(=O)NCc1cccc(C(N)=O)c1. The van der Waals surface area contributed by atoms with Crippen LogP contribution >= 0.6 is 0 Å². The number of carbonyl (C=O) groups is 2. The van der Waals surface area contributed by atoms with E-state index in [-0.39, 0.29) is 23.8 Å². The minimum absolute atomic E-state index is 0.100. The van der Waals surface area contributed by atoms with Crippen LogP contribution in [0.15, 0.2) is 24.3 Å². The van der Waals surface area contributed by atoms with Gasteiger partial charge in [-0.3, -0.25) is 9.59 Å². The minimum atomic E-state index is -0.479. The first-order valence-corrected chi connectivity index (χ1v) is 6.61. The third kappa shape index (κ3) is 5.01. The second kappa shape index (κ2) is 6.52. The predicted molar refractivity (Wildman–Crippen MR) is 78.9 cm³/mol. The van der Waals surface area contributed by atoms with Crippen molar-refractivity contribution in [1.82, 2.24) is 5.32 Å². The van der Waals surface area contributed by atoms with E-state index in [0.29, 0.717) is 12.1 Å². The van der Waals surface area contributed by atoms with Crippen LogP contribution in [0.5, 0.6) is 0 Å². The highest BCUT2D eigenvalue weighted by atomic mass is 16.2. The van der Waals surface area contributed by atoms with Gasteiger partial charge in [0, 0.05) is 24.6 Å². The fourth-order valence-electron chi connectivity index (χ4n) is 1.61. The van der Waals surface area contributed by atoms with Gasteiger partial charge >= 0.3 is 0 Å². The second-order valence-electron chi connectivity index (χ2n) is 6.02. The Hall–Kier alpha value is -1.88. The molecule has 1 aromatic carbocycles. The number of hydrogen-bond acceptors (Lipinski definition) is 3. The van der Waals surface area contributed by atoms with Gasteiger partial charge in [-0.2, -0.15) is 0 Å². The molecular weight excluding hydrogens is 254 g/mol. The van der Waals surface area contributed by atoms with Crippen LogP contribution in [-0.4, -0.2) is 17.9 Å². The summed E-state index contributed by atoms with van der Waals surface area (Å²) in [5.41, 5.74) is 12.3. The number of benzene rings is 1. The van der Waals surface area contributed by atoms with Crippen molar-refractivity contribution < 1.29 is 9.59 Å². The van der Waals surface area contributed by atoms with E-state index in [4.69, 9.17) is 11.5 Å². The Labute approximate surface area is 119 Å². The van der Waals surface area contributed by atoms with E-state index in [1.54, 1.807) is 18.2 Å². The molecule has 0 aliphatic carbocycles. The molecule has 0 spiro atoms. The van der Waals surface area contributed by atoms with Crippen LogP contribution in [0, 0.1) is 5.41 Å². The monoisotopic (exact) mass is 277 g/mol. The summed E-state index contributed by atoms with van der Waals surface area (Å²) in [6, 6.07) is 6.69. The van der Waals surface area contributed by atoms with Crippen molar-refractivity contribution >= 4 is 11.8 Å². The van der Waals surface area contributed by atoms with Crippen LogP contribution < -0.4 is 16.8 Å². The van der Waals surface area contributed by atoms with Crippen molar-refractivity contribution in [1.29, 1.82) is 0 Å². The summed E-state index contributed by atoms with van der Waals surface area (Å²) in [5, 5.41) is 2.80. The summed E-state index contributed by atoms with van der Waals surface area (Å²) < 4.78 is 0. The van der Waals surface area contributed by atoms with E-state index in [1.165, 1.54) is 0 Å². The van der Waals surface area contributed by atoms with E-state index in [9.17, 15) is 9.59 Å². The highest BCUT2D eigenvalue weighted by Gasteiger charge is 2.22. The lowest BCUT2D eigenvalue weighted by atomic mass is 9.85. The molecule has 0 radical (unpaired) electrons. The van der Waals surface area contributed by atoms with E-state index in [1.807, 2.05) is 26.8 Å². The number of nitrogens with two attached hydrogens (primary N) is 2. The van der Waals surface area contributed by atoms with Gasteiger partial charge in [0.05, 0.1) is 0 Å². The van der Waals surface area contributed by atoms with Gasteiger partial charge in [-0.15, -0.1) is 0 Å². The Kier molecular flexibility index (Phi) is 5.27. The van der Waals surface area contributed by atoms with Gasteiger partial charge in [-0.05, 0) is 23.1 Å². The molecule has 1 unspecified atom stereocenters. The molecule has 5 heteroatoms. The first-order valence-electron chi connectivity index (χ1n) is 6.61. The standard InChI is InChI=1S/C15H23N3O2/c1-15(2,3)12(16)8-13(19)18-9-10-5-4-6-11(7-10)14(17)20/h4-7,12H,8-9,16H2,1-3H3,(H2,17,20)(H,18,19). The highest BCUT2D eigenvalue weighted by Crippen LogP contribution is 2.19. The molecule has 0 fully saturated rings. The maximum absolute atomic E-state index is 11.8. The molecule has 1 atom stereocenters. The fraction of sp³-hybridized carbons (Fsp3) is 0.467. The van der Waals surface area contributed by atoms with Gasteiger partial charge in [0.15, 0.2) is 0 Å². The van der Waals surface area contributed by atoms with Crippen LogP contribution in [0.1, 0.15) is 43.1 Å². The van der Waals surface area contributed by atoms with Gasteiger partial charge in [0.25, 0.3) is 0 Å². The molecule has 2 amide bonds. The van der Waals surface area contributed by atoms with E-state index in [2.05, 4.69) is 5.32 Å². The molecule has 0 bridgehead atoms. The quantitative estimate of drug-likeness (QED) is 0.753. The Morgan fingerprint density at radius 3 is 2.50 bits per heavy atom. The average Bonchev–Trinajstić information content (AvgIpc) is 2.35. The summed E-state index contributed by atoms with van der Waals surface area (Å²) in [5.74, 6) is -0.579.